The summed E-state index contributed by atoms with van der Waals surface area (Å²) in [7, 11) is 0. The summed E-state index contributed by atoms with van der Waals surface area (Å²) in [5.74, 6) is 7.30. The lowest BCUT2D eigenvalue weighted by Gasteiger charge is -2.34. The number of benzene rings is 2. The molecule has 0 aliphatic carbocycles. The van der Waals surface area contributed by atoms with Crippen molar-refractivity contribution in [3.8, 4) is 23.2 Å². The highest BCUT2D eigenvalue weighted by molar-refractivity contribution is 5.91. The Morgan fingerprint density at radius 2 is 1.82 bits per heavy atom. The monoisotopic (exact) mass is 445 g/mol. The number of hydrogen-bond acceptors (Lipinski definition) is 4. The largest absolute Gasteiger partial charge is 0.455 e. The first-order valence-electron chi connectivity index (χ1n) is 12.3. The average molecular weight is 446 g/mol. The number of para-hydroxylation sites is 1. The Bertz CT molecular complexity index is 1060. The summed E-state index contributed by atoms with van der Waals surface area (Å²) in [6.45, 7) is 5.78. The van der Waals surface area contributed by atoms with Gasteiger partial charge in [-0.15, -0.1) is 0 Å². The van der Waals surface area contributed by atoms with Crippen molar-refractivity contribution in [3.05, 3.63) is 60.2 Å². The Morgan fingerprint density at radius 1 is 1.00 bits per heavy atom. The van der Waals surface area contributed by atoms with E-state index in [4.69, 9.17) is 13.9 Å². The van der Waals surface area contributed by atoms with Gasteiger partial charge < -0.3 is 19.2 Å². The van der Waals surface area contributed by atoms with Crippen molar-refractivity contribution in [2.24, 2.45) is 0 Å². The molecule has 1 N–H and O–H groups in total. The van der Waals surface area contributed by atoms with Crippen LogP contribution in [0, 0.1) is 11.8 Å². The lowest BCUT2D eigenvalue weighted by atomic mass is 10.0. The van der Waals surface area contributed by atoms with Crippen LogP contribution in [-0.2, 0) is 9.47 Å². The quantitative estimate of drug-likeness (QED) is 0.300. The van der Waals surface area contributed by atoms with Crippen LogP contribution >= 0.6 is 0 Å². The molecule has 1 aromatic heterocycles. The highest BCUT2D eigenvalue weighted by atomic mass is 16.7. The highest BCUT2D eigenvalue weighted by Crippen LogP contribution is 2.32. The molecule has 1 aliphatic rings. The van der Waals surface area contributed by atoms with Crippen LogP contribution in [0.25, 0.3) is 22.3 Å². The molecular weight excluding hydrogens is 410 g/mol. The van der Waals surface area contributed by atoms with Crippen molar-refractivity contribution in [1.29, 1.82) is 0 Å². The van der Waals surface area contributed by atoms with Crippen LogP contribution in [0.1, 0.15) is 57.9 Å². The summed E-state index contributed by atoms with van der Waals surface area (Å²) in [5.41, 5.74) is 2.78. The second kappa shape index (κ2) is 12.0. The van der Waals surface area contributed by atoms with Gasteiger partial charge in [0.25, 0.3) is 0 Å². The minimum absolute atomic E-state index is 0.144. The Kier molecular flexibility index (Phi) is 8.60. The number of fused-ring (bicyclic) bond motifs is 1. The van der Waals surface area contributed by atoms with E-state index in [1.165, 1.54) is 25.7 Å². The molecule has 1 saturated heterocycles. The Morgan fingerprint density at radius 3 is 2.64 bits per heavy atom. The van der Waals surface area contributed by atoms with Gasteiger partial charge in [0, 0.05) is 23.4 Å². The van der Waals surface area contributed by atoms with Crippen LogP contribution in [0.2, 0.25) is 0 Å². The number of ether oxygens (including phenoxy) is 2. The first-order valence-corrected chi connectivity index (χ1v) is 12.3. The number of nitrogens with one attached hydrogen (secondary N) is 1. The lowest BCUT2D eigenvalue weighted by Crippen LogP contribution is -2.46. The van der Waals surface area contributed by atoms with E-state index in [1.807, 2.05) is 48.5 Å². The molecule has 0 unspecified atom stereocenters. The minimum atomic E-state index is -0.192. The van der Waals surface area contributed by atoms with Crippen LogP contribution in [-0.4, -0.2) is 31.6 Å². The number of unbranched alkanes of at least 4 members (excludes halogenated alkanes) is 3. The van der Waals surface area contributed by atoms with Crippen molar-refractivity contribution in [1.82, 2.24) is 5.32 Å². The average Bonchev–Trinajstić information content (AvgIpc) is 3.22. The maximum absolute atomic E-state index is 6.14. The topological polar surface area (TPSA) is 43.6 Å². The maximum atomic E-state index is 6.14. The van der Waals surface area contributed by atoms with Crippen molar-refractivity contribution < 1.29 is 13.9 Å². The molecule has 2 aromatic carbocycles. The van der Waals surface area contributed by atoms with Crippen LogP contribution < -0.4 is 5.32 Å². The fraction of sp³-hybridized carbons (Fsp3) is 0.448. The van der Waals surface area contributed by atoms with E-state index in [9.17, 15) is 0 Å². The Balaban J connectivity index is 1.33. The molecule has 0 saturated carbocycles. The van der Waals surface area contributed by atoms with Crippen molar-refractivity contribution in [2.75, 3.05) is 13.2 Å². The SMILES string of the molecule is CCCCCCN[C@H]1CC[C@H](OCC#Cc2c(-c3ccccc3)oc3ccccc23)O[C@H]1C. The smallest absolute Gasteiger partial charge is 0.159 e. The van der Waals surface area contributed by atoms with E-state index < -0.39 is 0 Å². The van der Waals surface area contributed by atoms with Crippen molar-refractivity contribution >= 4 is 11.0 Å². The normalized spacial score (nSPS) is 20.5. The molecule has 33 heavy (non-hydrogen) atoms. The summed E-state index contributed by atoms with van der Waals surface area (Å²) in [5, 5.41) is 4.68. The Labute approximate surface area is 197 Å². The molecule has 1 aliphatic heterocycles. The van der Waals surface area contributed by atoms with Gasteiger partial charge in [0.15, 0.2) is 12.1 Å². The van der Waals surface area contributed by atoms with Crippen LogP contribution in [0.4, 0.5) is 0 Å². The van der Waals surface area contributed by atoms with E-state index in [0.717, 1.165) is 47.2 Å². The van der Waals surface area contributed by atoms with E-state index in [-0.39, 0.29) is 12.4 Å². The molecule has 3 atom stereocenters. The highest BCUT2D eigenvalue weighted by Gasteiger charge is 2.28. The third-order valence-electron chi connectivity index (χ3n) is 6.27. The van der Waals surface area contributed by atoms with Crippen molar-refractivity contribution in [3.63, 3.8) is 0 Å². The zero-order valence-corrected chi connectivity index (χ0v) is 19.8. The van der Waals surface area contributed by atoms with Gasteiger partial charge >= 0.3 is 0 Å². The molecule has 4 nitrogen and oxygen atoms in total. The molecule has 0 amide bonds. The zero-order valence-electron chi connectivity index (χ0n) is 19.8. The first kappa shape index (κ1) is 23.6. The van der Waals surface area contributed by atoms with E-state index >= 15 is 0 Å². The fourth-order valence-electron chi connectivity index (χ4n) is 4.40. The third-order valence-corrected chi connectivity index (χ3v) is 6.27. The van der Waals surface area contributed by atoms with Gasteiger partial charge in [0.1, 0.15) is 12.2 Å². The van der Waals surface area contributed by atoms with Crippen LogP contribution in [0.5, 0.6) is 0 Å². The van der Waals surface area contributed by atoms with E-state index in [1.54, 1.807) is 0 Å². The number of furan rings is 1. The maximum Gasteiger partial charge on any atom is 0.159 e. The van der Waals surface area contributed by atoms with Crippen LogP contribution in [0.3, 0.4) is 0 Å². The summed E-state index contributed by atoms with van der Waals surface area (Å²) >= 11 is 0. The second-order valence-electron chi connectivity index (χ2n) is 8.75. The molecule has 0 bridgehead atoms. The van der Waals surface area contributed by atoms with Gasteiger partial charge in [0.2, 0.25) is 0 Å². The molecule has 4 rings (SSSR count). The lowest BCUT2D eigenvalue weighted by molar-refractivity contribution is -0.190. The van der Waals surface area contributed by atoms with Gasteiger partial charge in [-0.2, -0.15) is 0 Å². The molecule has 3 aromatic rings. The first-order chi connectivity index (χ1) is 16.3. The standard InChI is InChI=1S/C29H35NO3/c1-3-4-5-11-20-30-26-18-19-28(32-22(26)2)31-21-12-16-25-24-15-9-10-17-27(24)33-29(25)23-13-7-6-8-14-23/h6-10,13-15,17,22,26,28,30H,3-5,11,18-21H2,1-2H3/t22-,26-,28+/m0/s1. The van der Waals surface area contributed by atoms with Gasteiger partial charge in [-0.25, -0.2) is 0 Å². The van der Waals surface area contributed by atoms with Gasteiger partial charge in [-0.3, -0.25) is 0 Å². The molecular formula is C29H35NO3. The predicted octanol–water partition coefficient (Wildman–Crippen LogP) is 6.53. The zero-order chi connectivity index (χ0) is 22.9. The summed E-state index contributed by atoms with van der Waals surface area (Å²) in [6.07, 6.45) is 7.03. The summed E-state index contributed by atoms with van der Waals surface area (Å²) in [4.78, 5) is 0. The van der Waals surface area contributed by atoms with Gasteiger partial charge in [-0.1, -0.05) is 80.5 Å². The summed E-state index contributed by atoms with van der Waals surface area (Å²) in [6, 6.07) is 18.6. The molecule has 2 heterocycles. The second-order valence-corrected chi connectivity index (χ2v) is 8.75. The van der Waals surface area contributed by atoms with Crippen LogP contribution in [0.15, 0.2) is 59.0 Å². The molecule has 4 heteroatoms. The van der Waals surface area contributed by atoms with E-state index in [2.05, 4.69) is 37.1 Å². The Hall–Kier alpha value is -2.58. The number of hydrogen-bond donors (Lipinski definition) is 1. The van der Waals surface area contributed by atoms with Gasteiger partial charge in [0.05, 0.1) is 11.7 Å². The van der Waals surface area contributed by atoms with E-state index in [0.29, 0.717) is 12.6 Å². The fourth-order valence-corrected chi connectivity index (χ4v) is 4.40. The minimum Gasteiger partial charge on any atom is -0.455 e. The number of rotatable bonds is 9. The van der Waals surface area contributed by atoms with Gasteiger partial charge in [-0.05, 0) is 38.4 Å². The third kappa shape index (κ3) is 6.26. The molecule has 0 spiro atoms. The molecule has 1 fully saturated rings. The summed E-state index contributed by atoms with van der Waals surface area (Å²) < 4.78 is 18.2. The molecule has 174 valence electrons. The molecule has 0 radical (unpaired) electrons. The predicted molar refractivity (Wildman–Crippen MR) is 134 cm³/mol. The van der Waals surface area contributed by atoms with Crippen molar-refractivity contribution in [2.45, 2.75) is 70.8 Å².